The van der Waals surface area contributed by atoms with E-state index in [0.717, 1.165) is 22.4 Å². The molecule has 24 heavy (non-hydrogen) atoms. The number of nitrogens with one attached hydrogen (secondary N) is 1. The van der Waals surface area contributed by atoms with E-state index in [1.807, 2.05) is 62.4 Å². The van der Waals surface area contributed by atoms with Gasteiger partial charge >= 0.3 is 0 Å². The zero-order valence-corrected chi connectivity index (χ0v) is 14.1. The summed E-state index contributed by atoms with van der Waals surface area (Å²) >= 11 is 0. The van der Waals surface area contributed by atoms with Gasteiger partial charge in [-0.15, -0.1) is 0 Å². The minimum Gasteiger partial charge on any atom is -0.350 e. The van der Waals surface area contributed by atoms with Crippen molar-refractivity contribution in [2.24, 2.45) is 0 Å². The number of carbonyl (C=O) groups is 2. The van der Waals surface area contributed by atoms with Crippen LogP contribution in [0.1, 0.15) is 23.6 Å². The number of hydrogen-bond donors (Lipinski definition) is 1. The number of imide groups is 1. The van der Waals surface area contributed by atoms with Crippen LogP contribution in [0.5, 0.6) is 0 Å². The molecular formula is C20H20N2O2. The van der Waals surface area contributed by atoms with Crippen LogP contribution in [0, 0.1) is 13.8 Å². The monoisotopic (exact) mass is 320 g/mol. The first-order valence-electron chi connectivity index (χ1n) is 8.03. The summed E-state index contributed by atoms with van der Waals surface area (Å²) in [4.78, 5) is 26.7. The zero-order chi connectivity index (χ0) is 17.3. The van der Waals surface area contributed by atoms with Gasteiger partial charge in [0, 0.05) is 12.2 Å². The lowest BCUT2D eigenvalue weighted by Crippen LogP contribution is -2.32. The Hall–Kier alpha value is -2.88. The molecule has 0 spiro atoms. The van der Waals surface area contributed by atoms with Gasteiger partial charge in [0.15, 0.2) is 0 Å². The number of aryl methyl sites for hydroxylation is 2. The maximum Gasteiger partial charge on any atom is 0.278 e. The molecule has 0 aromatic heterocycles. The van der Waals surface area contributed by atoms with Crippen molar-refractivity contribution in [3.8, 4) is 0 Å². The lowest BCUT2D eigenvalue weighted by Gasteiger charge is -2.12. The molecule has 0 atom stereocenters. The lowest BCUT2D eigenvalue weighted by atomic mass is 10.0. The smallest absolute Gasteiger partial charge is 0.278 e. The Morgan fingerprint density at radius 3 is 2.21 bits per heavy atom. The van der Waals surface area contributed by atoms with Crippen molar-refractivity contribution in [2.75, 3.05) is 11.9 Å². The highest BCUT2D eigenvalue weighted by molar-refractivity contribution is 6.36. The summed E-state index contributed by atoms with van der Waals surface area (Å²) in [6.45, 7) is 6.11. The summed E-state index contributed by atoms with van der Waals surface area (Å²) in [5, 5.41) is 3.18. The molecule has 4 heteroatoms. The number of anilines is 1. The van der Waals surface area contributed by atoms with Crippen LogP contribution in [0.3, 0.4) is 0 Å². The maximum absolute atomic E-state index is 12.7. The summed E-state index contributed by atoms with van der Waals surface area (Å²) in [7, 11) is 0. The standard InChI is InChI=1S/C20H20N2O2/c1-4-22-19(23)17(15-11-9-13(2)10-12-15)18(20(22)24)21-16-8-6-5-7-14(16)3/h5-12,21H,4H2,1-3H3. The van der Waals surface area contributed by atoms with Crippen LogP contribution in [0.25, 0.3) is 5.57 Å². The Morgan fingerprint density at radius 1 is 0.917 bits per heavy atom. The average molecular weight is 320 g/mol. The number of carbonyl (C=O) groups excluding carboxylic acids is 2. The number of para-hydroxylation sites is 1. The topological polar surface area (TPSA) is 49.4 Å². The van der Waals surface area contributed by atoms with Crippen LogP contribution in [0.4, 0.5) is 5.69 Å². The molecule has 0 saturated carbocycles. The van der Waals surface area contributed by atoms with Crippen molar-refractivity contribution < 1.29 is 9.59 Å². The third-order valence-electron chi connectivity index (χ3n) is 4.23. The van der Waals surface area contributed by atoms with Gasteiger partial charge in [-0.3, -0.25) is 14.5 Å². The lowest BCUT2D eigenvalue weighted by molar-refractivity contribution is -0.136. The normalized spacial score (nSPS) is 14.5. The number of amides is 2. The van der Waals surface area contributed by atoms with E-state index >= 15 is 0 Å². The van der Waals surface area contributed by atoms with Gasteiger partial charge in [-0.05, 0) is 38.0 Å². The van der Waals surface area contributed by atoms with Gasteiger partial charge in [0.2, 0.25) is 0 Å². The molecule has 0 bridgehead atoms. The quantitative estimate of drug-likeness (QED) is 0.877. The van der Waals surface area contributed by atoms with E-state index in [4.69, 9.17) is 0 Å². The Kier molecular flexibility index (Phi) is 4.21. The molecule has 0 aliphatic carbocycles. The molecule has 1 N–H and O–H groups in total. The maximum atomic E-state index is 12.7. The molecule has 4 nitrogen and oxygen atoms in total. The van der Waals surface area contributed by atoms with Gasteiger partial charge in [0.1, 0.15) is 5.70 Å². The van der Waals surface area contributed by atoms with Crippen molar-refractivity contribution in [1.29, 1.82) is 0 Å². The van der Waals surface area contributed by atoms with E-state index in [1.54, 1.807) is 6.92 Å². The van der Waals surface area contributed by atoms with Gasteiger partial charge in [-0.1, -0.05) is 48.0 Å². The van der Waals surface area contributed by atoms with Crippen molar-refractivity contribution in [1.82, 2.24) is 4.90 Å². The molecule has 0 saturated heterocycles. The fourth-order valence-corrected chi connectivity index (χ4v) is 2.82. The molecular weight excluding hydrogens is 300 g/mol. The van der Waals surface area contributed by atoms with Crippen molar-refractivity contribution in [3.05, 3.63) is 70.9 Å². The Bertz CT molecular complexity index is 835. The molecule has 0 unspecified atom stereocenters. The second kappa shape index (κ2) is 6.32. The second-order valence-electron chi connectivity index (χ2n) is 5.91. The number of likely N-dealkylation sites (N-methyl/N-ethyl adjacent to an activating group) is 1. The summed E-state index contributed by atoms with van der Waals surface area (Å²) in [5.41, 5.74) is 4.49. The van der Waals surface area contributed by atoms with Crippen molar-refractivity contribution >= 4 is 23.1 Å². The van der Waals surface area contributed by atoms with Crippen LogP contribution < -0.4 is 5.32 Å². The van der Waals surface area contributed by atoms with Crippen LogP contribution in [0.15, 0.2) is 54.2 Å². The summed E-state index contributed by atoms with van der Waals surface area (Å²) in [6, 6.07) is 15.4. The van der Waals surface area contributed by atoms with Gasteiger partial charge in [-0.2, -0.15) is 0 Å². The average Bonchev–Trinajstić information content (AvgIpc) is 2.81. The van der Waals surface area contributed by atoms with Gasteiger partial charge in [0.05, 0.1) is 5.57 Å². The first-order chi connectivity index (χ1) is 11.5. The molecule has 2 aromatic carbocycles. The molecule has 2 amide bonds. The first kappa shape index (κ1) is 16.0. The minimum absolute atomic E-state index is 0.248. The number of benzene rings is 2. The van der Waals surface area contributed by atoms with Crippen LogP contribution in [0.2, 0.25) is 0 Å². The SMILES string of the molecule is CCN1C(=O)C(Nc2ccccc2C)=C(c2ccc(C)cc2)C1=O. The highest BCUT2D eigenvalue weighted by Gasteiger charge is 2.38. The van der Waals surface area contributed by atoms with E-state index in [2.05, 4.69) is 5.32 Å². The summed E-state index contributed by atoms with van der Waals surface area (Å²) in [6.07, 6.45) is 0. The summed E-state index contributed by atoms with van der Waals surface area (Å²) in [5.74, 6) is -0.524. The van der Waals surface area contributed by atoms with Crippen molar-refractivity contribution in [2.45, 2.75) is 20.8 Å². The first-order valence-corrected chi connectivity index (χ1v) is 8.03. The van der Waals surface area contributed by atoms with Gasteiger partial charge in [-0.25, -0.2) is 0 Å². The number of nitrogens with zero attached hydrogens (tertiary/aromatic N) is 1. The highest BCUT2D eigenvalue weighted by Crippen LogP contribution is 2.31. The molecule has 1 heterocycles. The Balaban J connectivity index is 2.11. The van der Waals surface area contributed by atoms with E-state index < -0.39 is 0 Å². The molecule has 0 radical (unpaired) electrons. The predicted molar refractivity (Wildman–Crippen MR) is 95.3 cm³/mol. The van der Waals surface area contributed by atoms with E-state index in [0.29, 0.717) is 17.8 Å². The molecule has 0 fully saturated rings. The third kappa shape index (κ3) is 2.71. The van der Waals surface area contributed by atoms with E-state index in [9.17, 15) is 9.59 Å². The van der Waals surface area contributed by atoms with Crippen LogP contribution in [-0.2, 0) is 9.59 Å². The van der Waals surface area contributed by atoms with E-state index in [1.165, 1.54) is 4.90 Å². The van der Waals surface area contributed by atoms with Crippen LogP contribution in [-0.4, -0.2) is 23.3 Å². The fraction of sp³-hybridized carbons (Fsp3) is 0.200. The number of rotatable bonds is 4. The fourth-order valence-electron chi connectivity index (χ4n) is 2.82. The highest BCUT2D eigenvalue weighted by atomic mass is 16.2. The van der Waals surface area contributed by atoms with Gasteiger partial charge < -0.3 is 5.32 Å². The minimum atomic E-state index is -0.277. The zero-order valence-electron chi connectivity index (χ0n) is 14.1. The largest absolute Gasteiger partial charge is 0.350 e. The molecule has 1 aliphatic heterocycles. The molecule has 1 aliphatic rings. The molecule has 2 aromatic rings. The van der Waals surface area contributed by atoms with Gasteiger partial charge in [0.25, 0.3) is 11.8 Å². The predicted octanol–water partition coefficient (Wildman–Crippen LogP) is 3.52. The Labute approximate surface area is 141 Å². The Morgan fingerprint density at radius 2 is 1.58 bits per heavy atom. The number of hydrogen-bond acceptors (Lipinski definition) is 3. The van der Waals surface area contributed by atoms with Crippen LogP contribution >= 0.6 is 0 Å². The van der Waals surface area contributed by atoms with Crippen molar-refractivity contribution in [3.63, 3.8) is 0 Å². The third-order valence-corrected chi connectivity index (χ3v) is 4.23. The van der Waals surface area contributed by atoms with E-state index in [-0.39, 0.29) is 11.8 Å². The second-order valence-corrected chi connectivity index (χ2v) is 5.91. The molecule has 122 valence electrons. The summed E-state index contributed by atoms with van der Waals surface area (Å²) < 4.78 is 0. The molecule has 3 rings (SSSR count).